The molecular formula is C24H22N2O5S2. The number of para-hydroxylation sites is 2. The molecule has 4 rings (SSSR count). The molecule has 0 unspecified atom stereocenters. The van der Waals surface area contributed by atoms with Gasteiger partial charge in [-0.3, -0.25) is 10.1 Å². The van der Waals surface area contributed by atoms with Crippen LogP contribution in [0.1, 0.15) is 23.1 Å². The van der Waals surface area contributed by atoms with Crippen molar-refractivity contribution in [1.29, 1.82) is 0 Å². The predicted octanol–water partition coefficient (Wildman–Crippen LogP) is 5.19. The van der Waals surface area contributed by atoms with E-state index in [1.54, 1.807) is 42.5 Å². The van der Waals surface area contributed by atoms with E-state index >= 15 is 0 Å². The van der Waals surface area contributed by atoms with Crippen molar-refractivity contribution in [3.05, 3.63) is 99.0 Å². The number of nitrogens with zero attached hydrogens (tertiary/aromatic N) is 2. The van der Waals surface area contributed by atoms with Crippen LogP contribution in [0.25, 0.3) is 22.4 Å². The van der Waals surface area contributed by atoms with Gasteiger partial charge in [-0.1, -0.05) is 53.8 Å². The number of benzene rings is 3. The van der Waals surface area contributed by atoms with Gasteiger partial charge in [0.25, 0.3) is 10.7 Å². The number of nitro groups is 1. The zero-order chi connectivity index (χ0) is 24.0. The van der Waals surface area contributed by atoms with Crippen LogP contribution < -0.4 is 4.57 Å². The molecule has 0 aliphatic carbocycles. The monoisotopic (exact) mass is 482 g/mol. The molecule has 170 valence electrons. The third-order valence-corrected chi connectivity index (χ3v) is 6.98. The summed E-state index contributed by atoms with van der Waals surface area (Å²) in [5.41, 5.74) is 2.43. The molecule has 0 N–H and O–H groups in total. The van der Waals surface area contributed by atoms with Crippen LogP contribution in [0.5, 0.6) is 0 Å². The molecule has 33 heavy (non-hydrogen) atoms. The van der Waals surface area contributed by atoms with E-state index in [-0.39, 0.29) is 15.5 Å². The fourth-order valence-corrected chi connectivity index (χ4v) is 5.13. The smallest absolute Gasteiger partial charge is 0.276 e. The molecule has 0 atom stereocenters. The van der Waals surface area contributed by atoms with Crippen molar-refractivity contribution in [2.45, 2.75) is 25.3 Å². The molecule has 0 amide bonds. The molecule has 0 spiro atoms. The standard InChI is InChI=1S/C17H15N2O2S.C7H8O3S/c1-2-18-15-9-5-6-10-16(15)22-17(18)12-11-13-7-3-4-8-14(13)19(20)21;1-6-4-2-3-5-7(6)11(8,9)10/h3-12H,2H2,1H3;2-5H,1H3,(H,8,9,10)/q+1;/p-1/b12-11+;. The van der Waals surface area contributed by atoms with E-state index in [2.05, 4.69) is 23.6 Å². The summed E-state index contributed by atoms with van der Waals surface area (Å²) in [6.45, 7) is 4.55. The second-order valence-corrected chi connectivity index (χ2v) is 9.43. The van der Waals surface area contributed by atoms with E-state index in [0.29, 0.717) is 11.1 Å². The van der Waals surface area contributed by atoms with Crippen molar-refractivity contribution in [3.63, 3.8) is 0 Å². The van der Waals surface area contributed by atoms with Crippen molar-refractivity contribution in [2.24, 2.45) is 0 Å². The molecule has 1 aromatic heterocycles. The first-order valence-electron chi connectivity index (χ1n) is 10.1. The molecular weight excluding hydrogens is 460 g/mol. The number of aryl methyl sites for hydroxylation is 2. The van der Waals surface area contributed by atoms with Gasteiger partial charge in [0.15, 0.2) is 0 Å². The van der Waals surface area contributed by atoms with Gasteiger partial charge < -0.3 is 4.55 Å². The summed E-state index contributed by atoms with van der Waals surface area (Å²) in [4.78, 5) is 10.6. The Balaban J connectivity index is 0.000000235. The lowest BCUT2D eigenvalue weighted by atomic mass is 10.1. The van der Waals surface area contributed by atoms with Crippen LogP contribution in [0.15, 0.2) is 77.7 Å². The van der Waals surface area contributed by atoms with E-state index in [1.807, 2.05) is 30.4 Å². The van der Waals surface area contributed by atoms with Crippen molar-refractivity contribution in [2.75, 3.05) is 0 Å². The number of fused-ring (bicyclic) bond motifs is 1. The van der Waals surface area contributed by atoms with E-state index < -0.39 is 10.1 Å². The molecule has 0 saturated heterocycles. The molecule has 0 aliphatic rings. The number of hydrogen-bond donors (Lipinski definition) is 0. The minimum atomic E-state index is -4.28. The zero-order valence-electron chi connectivity index (χ0n) is 18.0. The Labute approximate surface area is 196 Å². The molecule has 3 aromatic carbocycles. The van der Waals surface area contributed by atoms with Gasteiger partial charge in [-0.05, 0) is 43.7 Å². The number of rotatable bonds is 5. The first-order valence-corrected chi connectivity index (χ1v) is 12.3. The van der Waals surface area contributed by atoms with Crippen LogP contribution >= 0.6 is 11.3 Å². The highest BCUT2D eigenvalue weighted by molar-refractivity contribution is 7.85. The largest absolute Gasteiger partial charge is 0.744 e. The Morgan fingerprint density at radius 3 is 2.24 bits per heavy atom. The maximum Gasteiger partial charge on any atom is 0.276 e. The third-order valence-electron chi connectivity index (χ3n) is 4.85. The van der Waals surface area contributed by atoms with Gasteiger partial charge in [-0.25, -0.2) is 8.42 Å². The van der Waals surface area contributed by atoms with Crippen LogP contribution in [-0.2, 0) is 16.7 Å². The van der Waals surface area contributed by atoms with Gasteiger partial charge in [0, 0.05) is 18.2 Å². The minimum absolute atomic E-state index is 0.128. The second kappa shape index (κ2) is 10.5. The van der Waals surface area contributed by atoms with E-state index in [9.17, 15) is 23.1 Å². The maximum atomic E-state index is 11.1. The molecule has 0 aliphatic heterocycles. The van der Waals surface area contributed by atoms with Gasteiger partial charge in [0.2, 0.25) is 5.52 Å². The van der Waals surface area contributed by atoms with Crippen molar-refractivity contribution >= 4 is 49.5 Å². The van der Waals surface area contributed by atoms with E-state index in [4.69, 9.17) is 0 Å². The normalized spacial score (nSPS) is 11.4. The first-order chi connectivity index (χ1) is 15.7. The zero-order valence-corrected chi connectivity index (χ0v) is 19.7. The lowest BCUT2D eigenvalue weighted by Crippen LogP contribution is -2.33. The van der Waals surface area contributed by atoms with E-state index in [0.717, 1.165) is 11.6 Å². The van der Waals surface area contributed by atoms with Crippen LogP contribution in [0, 0.1) is 17.0 Å². The molecule has 9 heteroatoms. The van der Waals surface area contributed by atoms with Crippen LogP contribution in [0.3, 0.4) is 0 Å². The van der Waals surface area contributed by atoms with Crippen molar-refractivity contribution < 1.29 is 22.5 Å². The SMILES string of the molecule is CC[n+]1c(/C=C/c2ccccc2[N+](=O)[O-])sc2ccccc21.Cc1ccccc1S(=O)(=O)[O-]. The topological polar surface area (TPSA) is 104 Å². The predicted molar refractivity (Wildman–Crippen MR) is 129 cm³/mol. The molecule has 0 saturated carbocycles. The number of thiazole rings is 1. The van der Waals surface area contributed by atoms with Crippen molar-refractivity contribution in [1.82, 2.24) is 0 Å². The van der Waals surface area contributed by atoms with Crippen LogP contribution in [0.2, 0.25) is 0 Å². The summed E-state index contributed by atoms with van der Waals surface area (Å²) < 4.78 is 34.9. The number of nitro benzene ring substituents is 1. The Bertz CT molecular complexity index is 1430. The average molecular weight is 483 g/mol. The summed E-state index contributed by atoms with van der Waals surface area (Å²) >= 11 is 1.69. The Morgan fingerprint density at radius 2 is 1.61 bits per heavy atom. The maximum absolute atomic E-state index is 11.1. The van der Waals surface area contributed by atoms with Gasteiger partial charge in [0.05, 0.1) is 15.4 Å². The summed E-state index contributed by atoms with van der Waals surface area (Å²) in [7, 11) is -4.28. The molecule has 0 bridgehead atoms. The summed E-state index contributed by atoms with van der Waals surface area (Å²) in [6.07, 6.45) is 3.77. The Hall–Kier alpha value is -3.40. The molecule has 0 radical (unpaired) electrons. The Morgan fingerprint density at radius 1 is 0.970 bits per heavy atom. The number of hydrogen-bond acceptors (Lipinski definition) is 6. The lowest BCUT2D eigenvalue weighted by Gasteiger charge is -2.08. The van der Waals surface area contributed by atoms with Crippen molar-refractivity contribution in [3.8, 4) is 0 Å². The summed E-state index contributed by atoms with van der Waals surface area (Å²) in [5.74, 6) is 0. The Kier molecular flexibility index (Phi) is 7.70. The molecule has 4 aromatic rings. The van der Waals surface area contributed by atoms with E-state index in [1.165, 1.54) is 28.4 Å². The lowest BCUT2D eigenvalue weighted by molar-refractivity contribution is -0.665. The highest BCUT2D eigenvalue weighted by Gasteiger charge is 2.17. The first kappa shape index (κ1) is 24.2. The summed E-state index contributed by atoms with van der Waals surface area (Å²) in [6, 6.07) is 21.1. The number of aromatic nitrogens is 1. The second-order valence-electron chi connectivity index (χ2n) is 7.02. The van der Waals surface area contributed by atoms with Gasteiger partial charge in [-0.15, -0.1) is 0 Å². The fraction of sp³-hybridized carbons (Fsp3) is 0.125. The van der Waals surface area contributed by atoms with Crippen LogP contribution in [0.4, 0.5) is 5.69 Å². The fourth-order valence-electron chi connectivity index (χ4n) is 3.30. The molecule has 1 heterocycles. The molecule has 0 fully saturated rings. The van der Waals surface area contributed by atoms with Gasteiger partial charge in [-0.2, -0.15) is 4.57 Å². The third kappa shape index (κ3) is 5.89. The van der Waals surface area contributed by atoms with Crippen LogP contribution in [-0.4, -0.2) is 17.9 Å². The highest BCUT2D eigenvalue weighted by Crippen LogP contribution is 2.24. The quantitative estimate of drug-likeness (QED) is 0.169. The summed E-state index contributed by atoms with van der Waals surface area (Å²) in [5, 5.41) is 12.2. The average Bonchev–Trinajstić information content (AvgIpc) is 3.15. The van der Waals surface area contributed by atoms with Gasteiger partial charge in [0.1, 0.15) is 21.4 Å². The molecule has 7 nitrogen and oxygen atoms in total. The van der Waals surface area contributed by atoms with Gasteiger partial charge >= 0.3 is 0 Å². The highest BCUT2D eigenvalue weighted by atomic mass is 32.2. The minimum Gasteiger partial charge on any atom is -0.744 e.